The maximum Gasteiger partial charge on any atom is 0.416 e. The van der Waals surface area contributed by atoms with Gasteiger partial charge in [0, 0.05) is 18.6 Å². The van der Waals surface area contributed by atoms with Crippen molar-refractivity contribution >= 4 is 5.91 Å². The van der Waals surface area contributed by atoms with E-state index in [2.05, 4.69) is 5.32 Å². The minimum absolute atomic E-state index is 0.0120. The first-order valence-corrected chi connectivity index (χ1v) is 7.55. The molecule has 2 atom stereocenters. The normalized spacial score (nSPS) is 22.6. The van der Waals surface area contributed by atoms with Crippen LogP contribution < -0.4 is 5.32 Å². The van der Waals surface area contributed by atoms with Gasteiger partial charge in [0.25, 0.3) is 0 Å². The fourth-order valence-electron chi connectivity index (χ4n) is 2.88. The summed E-state index contributed by atoms with van der Waals surface area (Å²) >= 11 is 0. The Labute approximate surface area is 133 Å². The number of alkyl halides is 3. The van der Waals surface area contributed by atoms with E-state index in [9.17, 15) is 23.1 Å². The third kappa shape index (κ3) is 4.68. The topological polar surface area (TPSA) is 52.6 Å². The van der Waals surface area contributed by atoms with E-state index in [1.54, 1.807) is 11.0 Å². The van der Waals surface area contributed by atoms with E-state index in [-0.39, 0.29) is 25.0 Å². The fraction of sp³-hybridized carbons (Fsp3) is 0.562. The quantitative estimate of drug-likeness (QED) is 0.891. The number of benzene rings is 1. The van der Waals surface area contributed by atoms with Gasteiger partial charge in [0.1, 0.15) is 0 Å². The van der Waals surface area contributed by atoms with E-state index < -0.39 is 23.9 Å². The number of halogens is 3. The lowest BCUT2D eigenvalue weighted by Crippen LogP contribution is -2.40. The van der Waals surface area contributed by atoms with Gasteiger partial charge in [-0.1, -0.05) is 12.1 Å². The van der Waals surface area contributed by atoms with Gasteiger partial charge in [-0.05, 0) is 38.0 Å². The SMILES string of the molecule is CC(C)NC(=O)CN1C[C@H](O)C[C@H]1c1cccc(C(F)(F)F)c1. The maximum absolute atomic E-state index is 12.9. The van der Waals surface area contributed by atoms with Crippen molar-refractivity contribution in [2.24, 2.45) is 0 Å². The van der Waals surface area contributed by atoms with Gasteiger partial charge in [-0.25, -0.2) is 0 Å². The third-order valence-corrected chi connectivity index (χ3v) is 3.78. The highest BCUT2D eigenvalue weighted by Crippen LogP contribution is 2.35. The van der Waals surface area contributed by atoms with Crippen molar-refractivity contribution in [1.82, 2.24) is 10.2 Å². The zero-order valence-electron chi connectivity index (χ0n) is 13.1. The highest BCUT2D eigenvalue weighted by molar-refractivity contribution is 5.78. The summed E-state index contributed by atoms with van der Waals surface area (Å²) in [7, 11) is 0. The van der Waals surface area contributed by atoms with E-state index in [1.807, 2.05) is 13.8 Å². The molecule has 1 aromatic carbocycles. The number of β-amino-alcohol motifs (C(OH)–C–C–N with tert-alkyl or cyclic N) is 1. The Bertz CT molecular complexity index is 561. The smallest absolute Gasteiger partial charge is 0.392 e. The molecule has 2 N–H and O–H groups in total. The number of hydrogen-bond donors (Lipinski definition) is 2. The second-order valence-electron chi connectivity index (χ2n) is 6.18. The van der Waals surface area contributed by atoms with Crippen LogP contribution in [0.25, 0.3) is 0 Å². The zero-order chi connectivity index (χ0) is 17.2. The molecule has 1 fully saturated rings. The Hall–Kier alpha value is -1.60. The monoisotopic (exact) mass is 330 g/mol. The largest absolute Gasteiger partial charge is 0.416 e. The molecule has 7 heteroatoms. The van der Waals surface area contributed by atoms with Crippen LogP contribution in [0.2, 0.25) is 0 Å². The summed E-state index contributed by atoms with van der Waals surface area (Å²) in [5, 5.41) is 12.6. The summed E-state index contributed by atoms with van der Waals surface area (Å²) in [6.45, 7) is 3.99. The number of nitrogens with zero attached hydrogens (tertiary/aromatic N) is 1. The lowest BCUT2D eigenvalue weighted by molar-refractivity contribution is -0.137. The van der Waals surface area contributed by atoms with E-state index in [4.69, 9.17) is 0 Å². The predicted molar refractivity (Wildman–Crippen MR) is 79.7 cm³/mol. The molecule has 0 radical (unpaired) electrons. The molecule has 0 aromatic heterocycles. The standard InChI is InChI=1S/C16H21F3N2O2/c1-10(2)20-15(23)9-21-8-13(22)7-14(21)11-4-3-5-12(6-11)16(17,18)19/h3-6,10,13-14,22H,7-9H2,1-2H3,(H,20,23)/t13-,14+/m1/s1. The summed E-state index contributed by atoms with van der Waals surface area (Å²) in [4.78, 5) is 13.6. The fourth-order valence-corrected chi connectivity index (χ4v) is 2.88. The molecule has 0 unspecified atom stereocenters. The molecule has 2 rings (SSSR count). The Balaban J connectivity index is 2.17. The first-order valence-electron chi connectivity index (χ1n) is 7.55. The average molecular weight is 330 g/mol. The minimum Gasteiger partial charge on any atom is -0.392 e. The molecule has 0 spiro atoms. The van der Waals surface area contributed by atoms with Crippen LogP contribution in [0.5, 0.6) is 0 Å². The number of aliphatic hydroxyl groups is 1. The van der Waals surface area contributed by atoms with Crippen molar-refractivity contribution in [1.29, 1.82) is 0 Å². The minimum atomic E-state index is -4.41. The first-order chi connectivity index (χ1) is 10.7. The van der Waals surface area contributed by atoms with Gasteiger partial charge < -0.3 is 10.4 Å². The van der Waals surface area contributed by atoms with Crippen LogP contribution in [0.15, 0.2) is 24.3 Å². The van der Waals surface area contributed by atoms with Crippen molar-refractivity contribution in [2.45, 2.75) is 44.6 Å². The molecule has 1 amide bonds. The van der Waals surface area contributed by atoms with E-state index in [1.165, 1.54) is 6.07 Å². The highest BCUT2D eigenvalue weighted by atomic mass is 19.4. The zero-order valence-corrected chi connectivity index (χ0v) is 13.1. The van der Waals surface area contributed by atoms with Crippen molar-refractivity contribution in [3.63, 3.8) is 0 Å². The van der Waals surface area contributed by atoms with Crippen molar-refractivity contribution in [3.05, 3.63) is 35.4 Å². The number of hydrogen-bond acceptors (Lipinski definition) is 3. The molecule has 23 heavy (non-hydrogen) atoms. The summed E-state index contributed by atoms with van der Waals surface area (Å²) in [5.74, 6) is -0.203. The molecular weight excluding hydrogens is 309 g/mol. The molecular formula is C16H21F3N2O2. The Morgan fingerprint density at radius 3 is 2.74 bits per heavy atom. The molecule has 1 saturated heterocycles. The van der Waals surface area contributed by atoms with Crippen molar-refractivity contribution in [3.8, 4) is 0 Å². The Kier molecular flexibility index (Phi) is 5.31. The van der Waals surface area contributed by atoms with Crippen LogP contribution in [0, 0.1) is 0 Å². The number of amides is 1. The second-order valence-corrected chi connectivity index (χ2v) is 6.18. The summed E-state index contributed by atoms with van der Waals surface area (Å²) in [5.41, 5.74) is -0.253. The lowest BCUT2D eigenvalue weighted by Gasteiger charge is -2.25. The predicted octanol–water partition coefficient (Wildman–Crippen LogP) is 2.34. The molecule has 1 aliphatic heterocycles. The number of aliphatic hydroxyl groups excluding tert-OH is 1. The average Bonchev–Trinajstić information content (AvgIpc) is 2.77. The number of rotatable bonds is 4. The number of carbonyl (C=O) groups is 1. The van der Waals surface area contributed by atoms with E-state index in [0.717, 1.165) is 12.1 Å². The molecule has 1 aliphatic rings. The molecule has 1 heterocycles. The van der Waals surface area contributed by atoms with Gasteiger partial charge in [-0.2, -0.15) is 13.2 Å². The van der Waals surface area contributed by atoms with Crippen LogP contribution in [-0.4, -0.2) is 41.1 Å². The molecule has 128 valence electrons. The van der Waals surface area contributed by atoms with Gasteiger partial charge >= 0.3 is 6.18 Å². The lowest BCUT2D eigenvalue weighted by atomic mass is 10.0. The van der Waals surface area contributed by atoms with Gasteiger partial charge in [0.2, 0.25) is 5.91 Å². The van der Waals surface area contributed by atoms with Crippen molar-refractivity contribution < 1.29 is 23.1 Å². The molecule has 1 aromatic rings. The maximum atomic E-state index is 12.9. The number of nitrogens with one attached hydrogen (secondary N) is 1. The second kappa shape index (κ2) is 6.88. The summed E-state index contributed by atoms with van der Waals surface area (Å²) in [6, 6.07) is 4.66. The molecule has 0 bridgehead atoms. The van der Waals surface area contributed by atoms with E-state index >= 15 is 0 Å². The highest BCUT2D eigenvalue weighted by Gasteiger charge is 2.35. The van der Waals surface area contributed by atoms with Crippen LogP contribution in [0.4, 0.5) is 13.2 Å². The number of likely N-dealkylation sites (tertiary alicyclic amines) is 1. The van der Waals surface area contributed by atoms with Crippen LogP contribution in [-0.2, 0) is 11.0 Å². The van der Waals surface area contributed by atoms with E-state index in [0.29, 0.717) is 12.0 Å². The molecule has 0 aliphatic carbocycles. The van der Waals surface area contributed by atoms with Gasteiger partial charge in [0.15, 0.2) is 0 Å². The molecule has 0 saturated carbocycles. The Morgan fingerprint density at radius 1 is 1.43 bits per heavy atom. The summed E-state index contributed by atoms with van der Waals surface area (Å²) < 4.78 is 38.6. The van der Waals surface area contributed by atoms with Crippen LogP contribution in [0.3, 0.4) is 0 Å². The Morgan fingerprint density at radius 2 is 2.13 bits per heavy atom. The van der Waals surface area contributed by atoms with Crippen LogP contribution in [0.1, 0.15) is 37.4 Å². The van der Waals surface area contributed by atoms with Gasteiger partial charge in [-0.15, -0.1) is 0 Å². The number of carbonyl (C=O) groups excluding carboxylic acids is 1. The van der Waals surface area contributed by atoms with Crippen LogP contribution >= 0.6 is 0 Å². The summed E-state index contributed by atoms with van der Waals surface area (Å²) in [6.07, 6.45) is -4.75. The van der Waals surface area contributed by atoms with Gasteiger partial charge in [0.05, 0.1) is 18.2 Å². The first kappa shape index (κ1) is 17.7. The van der Waals surface area contributed by atoms with Crippen molar-refractivity contribution in [2.75, 3.05) is 13.1 Å². The van der Waals surface area contributed by atoms with Gasteiger partial charge in [-0.3, -0.25) is 9.69 Å². The third-order valence-electron chi connectivity index (χ3n) is 3.78. The molecule has 4 nitrogen and oxygen atoms in total.